The van der Waals surface area contributed by atoms with E-state index in [2.05, 4.69) is 0 Å². The minimum Gasteiger partial charge on any atom is -0.399 e. The van der Waals surface area contributed by atoms with Crippen LogP contribution in [0.15, 0.2) is 48.5 Å². The van der Waals surface area contributed by atoms with E-state index in [0.717, 1.165) is 5.56 Å². The van der Waals surface area contributed by atoms with Crippen molar-refractivity contribution in [3.05, 3.63) is 59.9 Å². The molecule has 2 aromatic rings. The van der Waals surface area contributed by atoms with Gasteiger partial charge in [-0.15, -0.1) is 0 Å². The lowest BCUT2D eigenvalue weighted by Gasteiger charge is -2.20. The Labute approximate surface area is 100 Å². The number of hydrogen-bond donors (Lipinski definition) is 1. The minimum atomic E-state index is -0.288. The van der Waals surface area contributed by atoms with Crippen molar-refractivity contribution < 1.29 is 4.39 Å². The molecule has 0 aliphatic heterocycles. The average molecular weight is 230 g/mol. The topological polar surface area (TPSA) is 29.3 Å². The fourth-order valence-electron chi connectivity index (χ4n) is 1.78. The summed E-state index contributed by atoms with van der Waals surface area (Å²) in [4.78, 5) is 1.87. The van der Waals surface area contributed by atoms with Crippen LogP contribution < -0.4 is 10.6 Å². The van der Waals surface area contributed by atoms with Crippen molar-refractivity contribution in [3.63, 3.8) is 0 Å². The van der Waals surface area contributed by atoms with Crippen LogP contribution >= 0.6 is 0 Å². The quantitative estimate of drug-likeness (QED) is 0.821. The molecule has 0 saturated carbocycles. The fourth-order valence-corrected chi connectivity index (χ4v) is 1.78. The highest BCUT2D eigenvalue weighted by atomic mass is 19.1. The van der Waals surface area contributed by atoms with E-state index < -0.39 is 0 Å². The molecule has 0 aliphatic rings. The molecule has 0 aromatic heterocycles. The van der Waals surface area contributed by atoms with Gasteiger partial charge in [-0.1, -0.05) is 30.3 Å². The number of nitrogens with zero attached hydrogens (tertiary/aromatic N) is 1. The molecule has 0 spiro atoms. The van der Waals surface area contributed by atoms with Crippen molar-refractivity contribution in [1.82, 2.24) is 0 Å². The maximum atomic E-state index is 13.7. The monoisotopic (exact) mass is 230 g/mol. The van der Waals surface area contributed by atoms with Crippen molar-refractivity contribution in [2.24, 2.45) is 0 Å². The summed E-state index contributed by atoms with van der Waals surface area (Å²) in [5.74, 6) is -0.288. The van der Waals surface area contributed by atoms with Crippen LogP contribution in [0.4, 0.5) is 15.8 Å². The van der Waals surface area contributed by atoms with E-state index in [4.69, 9.17) is 5.73 Å². The molecular formula is C14H15FN2. The first-order chi connectivity index (χ1) is 8.16. The van der Waals surface area contributed by atoms with Crippen molar-refractivity contribution >= 4 is 11.4 Å². The second-order valence-electron chi connectivity index (χ2n) is 4.05. The van der Waals surface area contributed by atoms with Crippen LogP contribution in [0.2, 0.25) is 0 Å². The van der Waals surface area contributed by atoms with Crippen LogP contribution in [0.5, 0.6) is 0 Å². The standard InChI is InChI=1S/C14H15FN2/c1-17(10-11-5-3-2-4-6-11)14-8-7-12(16)9-13(14)15/h2-9H,10,16H2,1H3. The second kappa shape index (κ2) is 4.87. The first kappa shape index (κ1) is 11.5. The molecule has 2 aromatic carbocycles. The number of rotatable bonds is 3. The summed E-state index contributed by atoms with van der Waals surface area (Å²) in [6, 6.07) is 14.7. The van der Waals surface area contributed by atoms with E-state index >= 15 is 0 Å². The van der Waals surface area contributed by atoms with Crippen molar-refractivity contribution in [2.45, 2.75) is 6.54 Å². The van der Waals surface area contributed by atoms with E-state index in [0.29, 0.717) is 17.9 Å². The molecule has 0 radical (unpaired) electrons. The molecular weight excluding hydrogens is 215 g/mol. The molecule has 0 bridgehead atoms. The third kappa shape index (κ3) is 2.75. The van der Waals surface area contributed by atoms with Gasteiger partial charge in [-0.3, -0.25) is 0 Å². The molecule has 0 aliphatic carbocycles. The zero-order valence-corrected chi connectivity index (χ0v) is 9.73. The first-order valence-electron chi connectivity index (χ1n) is 5.47. The lowest BCUT2D eigenvalue weighted by atomic mass is 10.2. The lowest BCUT2D eigenvalue weighted by Crippen LogP contribution is -2.17. The molecule has 3 heteroatoms. The van der Waals surface area contributed by atoms with E-state index in [1.54, 1.807) is 12.1 Å². The first-order valence-corrected chi connectivity index (χ1v) is 5.47. The van der Waals surface area contributed by atoms with Gasteiger partial charge in [0.1, 0.15) is 5.82 Å². The Kier molecular flexibility index (Phi) is 3.28. The Morgan fingerprint density at radius 3 is 2.47 bits per heavy atom. The van der Waals surface area contributed by atoms with Crippen LogP contribution in [-0.2, 0) is 6.54 Å². The molecule has 2 nitrogen and oxygen atoms in total. The highest BCUT2D eigenvalue weighted by Crippen LogP contribution is 2.21. The molecule has 2 rings (SSSR count). The summed E-state index contributed by atoms with van der Waals surface area (Å²) < 4.78 is 13.7. The number of hydrogen-bond acceptors (Lipinski definition) is 2. The second-order valence-corrected chi connectivity index (χ2v) is 4.05. The number of nitrogen functional groups attached to an aromatic ring is 1. The van der Waals surface area contributed by atoms with Gasteiger partial charge in [0.2, 0.25) is 0 Å². The number of anilines is 2. The predicted molar refractivity (Wildman–Crippen MR) is 69.4 cm³/mol. The third-order valence-corrected chi connectivity index (χ3v) is 2.65. The van der Waals surface area contributed by atoms with Gasteiger partial charge in [-0.25, -0.2) is 4.39 Å². The van der Waals surface area contributed by atoms with E-state index in [1.165, 1.54) is 6.07 Å². The largest absolute Gasteiger partial charge is 0.399 e. The Hall–Kier alpha value is -2.03. The molecule has 0 fully saturated rings. The molecule has 88 valence electrons. The SMILES string of the molecule is CN(Cc1ccccc1)c1ccc(N)cc1F. The van der Waals surface area contributed by atoms with E-state index in [1.807, 2.05) is 42.3 Å². The van der Waals surface area contributed by atoms with Gasteiger partial charge < -0.3 is 10.6 Å². The maximum absolute atomic E-state index is 13.7. The number of halogens is 1. The Bertz CT molecular complexity index is 497. The summed E-state index contributed by atoms with van der Waals surface area (Å²) >= 11 is 0. The number of benzene rings is 2. The fraction of sp³-hybridized carbons (Fsp3) is 0.143. The van der Waals surface area contributed by atoms with E-state index in [9.17, 15) is 4.39 Å². The maximum Gasteiger partial charge on any atom is 0.148 e. The van der Waals surface area contributed by atoms with Crippen molar-refractivity contribution in [2.75, 3.05) is 17.7 Å². The molecule has 0 amide bonds. The lowest BCUT2D eigenvalue weighted by molar-refractivity contribution is 0.623. The summed E-state index contributed by atoms with van der Waals surface area (Å²) in [6.45, 7) is 0.668. The summed E-state index contributed by atoms with van der Waals surface area (Å²) in [6.07, 6.45) is 0. The van der Waals surface area contributed by atoms with Crippen molar-refractivity contribution in [1.29, 1.82) is 0 Å². The molecule has 2 N–H and O–H groups in total. The predicted octanol–water partition coefficient (Wildman–Crippen LogP) is 3.04. The van der Waals surface area contributed by atoms with E-state index in [-0.39, 0.29) is 5.82 Å². The highest BCUT2D eigenvalue weighted by molar-refractivity contribution is 5.54. The van der Waals surface area contributed by atoms with Gasteiger partial charge in [-0.05, 0) is 23.8 Å². The molecule has 0 atom stereocenters. The van der Waals surface area contributed by atoms with Gasteiger partial charge in [0, 0.05) is 19.3 Å². The van der Waals surface area contributed by atoms with Crippen LogP contribution in [0.25, 0.3) is 0 Å². The van der Waals surface area contributed by atoms with Gasteiger partial charge in [0.05, 0.1) is 5.69 Å². The number of nitrogens with two attached hydrogens (primary N) is 1. The third-order valence-electron chi connectivity index (χ3n) is 2.65. The Morgan fingerprint density at radius 1 is 1.12 bits per heavy atom. The molecule has 0 unspecified atom stereocenters. The smallest absolute Gasteiger partial charge is 0.148 e. The normalized spacial score (nSPS) is 10.2. The van der Waals surface area contributed by atoms with Crippen LogP contribution in [0, 0.1) is 5.82 Å². The zero-order chi connectivity index (χ0) is 12.3. The zero-order valence-electron chi connectivity index (χ0n) is 9.73. The van der Waals surface area contributed by atoms with Gasteiger partial charge in [0.15, 0.2) is 0 Å². The van der Waals surface area contributed by atoms with Gasteiger partial charge >= 0.3 is 0 Å². The van der Waals surface area contributed by atoms with Crippen LogP contribution in [0.3, 0.4) is 0 Å². The summed E-state index contributed by atoms with van der Waals surface area (Å²) in [5, 5.41) is 0. The van der Waals surface area contributed by atoms with Gasteiger partial charge in [-0.2, -0.15) is 0 Å². The van der Waals surface area contributed by atoms with Crippen molar-refractivity contribution in [3.8, 4) is 0 Å². The highest BCUT2D eigenvalue weighted by Gasteiger charge is 2.07. The molecule has 17 heavy (non-hydrogen) atoms. The molecule has 0 saturated heterocycles. The molecule has 0 heterocycles. The Morgan fingerprint density at radius 2 is 1.82 bits per heavy atom. The minimum absolute atomic E-state index is 0.288. The van der Waals surface area contributed by atoms with Crippen LogP contribution in [0.1, 0.15) is 5.56 Å². The average Bonchev–Trinajstić information content (AvgIpc) is 2.30. The summed E-state index contributed by atoms with van der Waals surface area (Å²) in [5.41, 5.74) is 7.67. The Balaban J connectivity index is 2.17. The summed E-state index contributed by atoms with van der Waals surface area (Å²) in [7, 11) is 1.86. The van der Waals surface area contributed by atoms with Gasteiger partial charge in [0.25, 0.3) is 0 Å². The van der Waals surface area contributed by atoms with Crippen LogP contribution in [-0.4, -0.2) is 7.05 Å².